The van der Waals surface area contributed by atoms with Crippen molar-refractivity contribution in [2.24, 2.45) is 19.2 Å². The first-order valence-electron chi connectivity index (χ1n) is 7.89. The summed E-state index contributed by atoms with van der Waals surface area (Å²) in [5, 5.41) is 4.07. The number of carbonyl (C=O) groups excluding carboxylic acids is 1. The maximum atomic E-state index is 12.3. The van der Waals surface area contributed by atoms with Gasteiger partial charge in [-0.25, -0.2) is 15.2 Å². The van der Waals surface area contributed by atoms with E-state index < -0.39 is 17.2 Å². The number of nitrogens with zero attached hydrogens (tertiary/aromatic N) is 5. The minimum atomic E-state index is -0.502. The Bertz CT molecular complexity index is 1120. The van der Waals surface area contributed by atoms with Crippen LogP contribution in [0.4, 0.5) is 0 Å². The maximum Gasteiger partial charge on any atom is 0.332 e. The fourth-order valence-electron chi connectivity index (χ4n) is 2.60. The smallest absolute Gasteiger partial charge is 0.315 e. The van der Waals surface area contributed by atoms with Crippen LogP contribution >= 0.6 is 0 Å². The van der Waals surface area contributed by atoms with Gasteiger partial charge in [0.1, 0.15) is 6.54 Å². The standard InChI is InChI=1S/C17H18N6O3/c1-11(12-7-5-4-6-8-12)19-20-13(24)9-23-10-18-15-14(23)16(25)22(3)17(26)21(15)2/h4-8,10H,9H2,1-3H3,(H,20,24). The highest BCUT2D eigenvalue weighted by Gasteiger charge is 2.15. The molecule has 0 bridgehead atoms. The molecule has 0 fully saturated rings. The molecular weight excluding hydrogens is 336 g/mol. The largest absolute Gasteiger partial charge is 0.332 e. The summed E-state index contributed by atoms with van der Waals surface area (Å²) in [6.07, 6.45) is 1.36. The number of amides is 1. The lowest BCUT2D eigenvalue weighted by atomic mass is 10.1. The third-order valence-electron chi connectivity index (χ3n) is 4.07. The highest BCUT2D eigenvalue weighted by Crippen LogP contribution is 2.05. The molecule has 26 heavy (non-hydrogen) atoms. The Hall–Kier alpha value is -3.49. The second-order valence-corrected chi connectivity index (χ2v) is 5.85. The maximum absolute atomic E-state index is 12.3. The van der Waals surface area contributed by atoms with Gasteiger partial charge in [-0.15, -0.1) is 0 Å². The monoisotopic (exact) mass is 354 g/mol. The molecule has 0 saturated heterocycles. The highest BCUT2D eigenvalue weighted by atomic mass is 16.2. The minimum Gasteiger partial charge on any atom is -0.315 e. The van der Waals surface area contributed by atoms with Crippen LogP contribution in [0.15, 0.2) is 51.3 Å². The lowest BCUT2D eigenvalue weighted by molar-refractivity contribution is -0.121. The molecule has 2 aromatic heterocycles. The van der Waals surface area contributed by atoms with Crippen molar-refractivity contribution in [1.29, 1.82) is 0 Å². The minimum absolute atomic E-state index is 0.143. The van der Waals surface area contributed by atoms with Gasteiger partial charge in [0.2, 0.25) is 0 Å². The predicted octanol–water partition coefficient (Wildman–Crippen LogP) is -0.0259. The van der Waals surface area contributed by atoms with Gasteiger partial charge in [0, 0.05) is 14.1 Å². The number of aromatic nitrogens is 4. The molecule has 0 spiro atoms. The third kappa shape index (κ3) is 3.06. The van der Waals surface area contributed by atoms with E-state index in [9.17, 15) is 14.4 Å². The van der Waals surface area contributed by atoms with Crippen LogP contribution in [0.5, 0.6) is 0 Å². The average molecular weight is 354 g/mol. The molecule has 1 N–H and O–H groups in total. The van der Waals surface area contributed by atoms with Crippen molar-refractivity contribution in [3.8, 4) is 0 Å². The second-order valence-electron chi connectivity index (χ2n) is 5.85. The first-order valence-corrected chi connectivity index (χ1v) is 7.89. The van der Waals surface area contributed by atoms with E-state index in [4.69, 9.17) is 0 Å². The van der Waals surface area contributed by atoms with Crippen molar-refractivity contribution in [3.05, 3.63) is 63.1 Å². The van der Waals surface area contributed by atoms with Crippen LogP contribution in [0.3, 0.4) is 0 Å². The van der Waals surface area contributed by atoms with E-state index in [0.29, 0.717) is 5.71 Å². The lowest BCUT2D eigenvalue weighted by Gasteiger charge is -2.06. The van der Waals surface area contributed by atoms with Crippen LogP contribution < -0.4 is 16.7 Å². The topological polar surface area (TPSA) is 103 Å². The van der Waals surface area contributed by atoms with Gasteiger partial charge in [0.15, 0.2) is 11.2 Å². The summed E-state index contributed by atoms with van der Waals surface area (Å²) in [5.74, 6) is -0.407. The molecule has 9 heteroatoms. The summed E-state index contributed by atoms with van der Waals surface area (Å²) in [4.78, 5) is 40.5. The molecule has 3 aromatic rings. The Labute approximate surface area is 148 Å². The van der Waals surface area contributed by atoms with Gasteiger partial charge in [-0.3, -0.25) is 18.7 Å². The first kappa shape index (κ1) is 17.3. The van der Waals surface area contributed by atoms with E-state index in [1.54, 1.807) is 6.92 Å². The number of nitrogens with one attached hydrogen (secondary N) is 1. The summed E-state index contributed by atoms with van der Waals surface area (Å²) in [6, 6.07) is 9.44. The summed E-state index contributed by atoms with van der Waals surface area (Å²) in [5.41, 5.74) is 3.47. The van der Waals surface area contributed by atoms with Crippen molar-refractivity contribution in [2.45, 2.75) is 13.5 Å². The molecule has 0 atom stereocenters. The summed E-state index contributed by atoms with van der Waals surface area (Å²) >= 11 is 0. The number of carbonyl (C=O) groups is 1. The number of imidazole rings is 1. The third-order valence-corrected chi connectivity index (χ3v) is 4.07. The molecule has 2 heterocycles. The van der Waals surface area contributed by atoms with E-state index in [1.807, 2.05) is 30.3 Å². The molecule has 1 aromatic carbocycles. The zero-order valence-electron chi connectivity index (χ0n) is 14.6. The molecular formula is C17H18N6O3. The number of rotatable bonds is 4. The molecule has 0 aliphatic heterocycles. The van der Waals surface area contributed by atoms with Gasteiger partial charge in [0.25, 0.3) is 11.5 Å². The zero-order chi connectivity index (χ0) is 18.8. The van der Waals surface area contributed by atoms with Crippen LogP contribution in [0, 0.1) is 0 Å². The van der Waals surface area contributed by atoms with Gasteiger partial charge in [0.05, 0.1) is 12.0 Å². The Balaban J connectivity index is 1.85. The molecule has 1 amide bonds. The normalized spacial score (nSPS) is 11.7. The molecule has 9 nitrogen and oxygen atoms in total. The summed E-state index contributed by atoms with van der Waals surface area (Å²) in [6.45, 7) is 1.64. The van der Waals surface area contributed by atoms with Crippen molar-refractivity contribution >= 4 is 22.8 Å². The quantitative estimate of drug-likeness (QED) is 0.525. The van der Waals surface area contributed by atoms with Gasteiger partial charge in [-0.1, -0.05) is 30.3 Å². The average Bonchev–Trinajstić information content (AvgIpc) is 3.07. The SMILES string of the molecule is CC(=NNC(=O)Cn1cnc2c1c(=O)n(C)c(=O)n2C)c1ccccc1. The van der Waals surface area contributed by atoms with Gasteiger partial charge in [-0.2, -0.15) is 5.10 Å². The fraction of sp³-hybridized carbons (Fsp3) is 0.235. The molecule has 0 aliphatic rings. The van der Waals surface area contributed by atoms with Crippen LogP contribution in [-0.4, -0.2) is 30.3 Å². The van der Waals surface area contributed by atoms with E-state index in [2.05, 4.69) is 15.5 Å². The Morgan fingerprint density at radius 2 is 1.85 bits per heavy atom. The van der Waals surface area contributed by atoms with Crippen LogP contribution in [0.2, 0.25) is 0 Å². The van der Waals surface area contributed by atoms with E-state index in [-0.39, 0.29) is 17.7 Å². The number of benzene rings is 1. The second kappa shape index (κ2) is 6.79. The van der Waals surface area contributed by atoms with Gasteiger partial charge in [-0.05, 0) is 12.5 Å². The molecule has 0 aliphatic carbocycles. The van der Waals surface area contributed by atoms with E-state index in [1.165, 1.54) is 29.6 Å². The van der Waals surface area contributed by atoms with Crippen LogP contribution in [0.1, 0.15) is 12.5 Å². The van der Waals surface area contributed by atoms with Crippen molar-refractivity contribution in [2.75, 3.05) is 0 Å². The van der Waals surface area contributed by atoms with Crippen molar-refractivity contribution in [1.82, 2.24) is 24.1 Å². The Kier molecular flexibility index (Phi) is 4.53. The van der Waals surface area contributed by atoms with Crippen LogP contribution in [-0.2, 0) is 25.4 Å². The number of fused-ring (bicyclic) bond motifs is 1. The molecule has 0 radical (unpaired) electrons. The van der Waals surface area contributed by atoms with E-state index >= 15 is 0 Å². The van der Waals surface area contributed by atoms with Crippen molar-refractivity contribution in [3.63, 3.8) is 0 Å². The van der Waals surface area contributed by atoms with E-state index in [0.717, 1.165) is 10.1 Å². The fourth-order valence-corrected chi connectivity index (χ4v) is 2.60. The lowest BCUT2D eigenvalue weighted by Crippen LogP contribution is -2.38. The number of hydrogen-bond acceptors (Lipinski definition) is 5. The molecule has 0 unspecified atom stereocenters. The number of hydrazone groups is 1. The molecule has 134 valence electrons. The highest BCUT2D eigenvalue weighted by molar-refractivity contribution is 5.99. The Morgan fingerprint density at radius 1 is 1.15 bits per heavy atom. The number of hydrogen-bond donors (Lipinski definition) is 1. The first-order chi connectivity index (χ1) is 12.4. The summed E-state index contributed by atoms with van der Waals surface area (Å²) < 4.78 is 3.65. The zero-order valence-corrected chi connectivity index (χ0v) is 14.6. The van der Waals surface area contributed by atoms with Crippen molar-refractivity contribution < 1.29 is 4.79 Å². The Morgan fingerprint density at radius 3 is 2.54 bits per heavy atom. The summed E-state index contributed by atoms with van der Waals surface area (Å²) in [7, 11) is 2.91. The predicted molar refractivity (Wildman–Crippen MR) is 97.0 cm³/mol. The van der Waals surface area contributed by atoms with Gasteiger partial charge >= 0.3 is 5.69 Å². The number of aryl methyl sites for hydroxylation is 1. The van der Waals surface area contributed by atoms with Crippen LogP contribution in [0.25, 0.3) is 11.2 Å². The molecule has 3 rings (SSSR count). The van der Waals surface area contributed by atoms with Gasteiger partial charge < -0.3 is 4.57 Å². The molecule has 0 saturated carbocycles.